The lowest BCUT2D eigenvalue weighted by Crippen LogP contribution is -2.20. The molecule has 0 saturated heterocycles. The van der Waals surface area contributed by atoms with E-state index in [2.05, 4.69) is 15.5 Å². The average Bonchev–Trinajstić information content (AvgIpc) is 3.31. The van der Waals surface area contributed by atoms with Crippen molar-refractivity contribution in [3.05, 3.63) is 43.7 Å². The molecule has 2 aliphatic rings. The van der Waals surface area contributed by atoms with Gasteiger partial charge < -0.3 is 10.1 Å². The Morgan fingerprint density at radius 3 is 2.76 bits per heavy atom. The summed E-state index contributed by atoms with van der Waals surface area (Å²) >= 11 is 12.5. The van der Waals surface area contributed by atoms with E-state index in [1.165, 1.54) is 6.92 Å². The molecule has 4 rings (SSSR count). The number of hydrogen-bond donors (Lipinski definition) is 2. The number of benzene rings is 1. The molecule has 25 heavy (non-hydrogen) atoms. The van der Waals surface area contributed by atoms with E-state index in [9.17, 15) is 9.59 Å². The number of H-pyrrole nitrogens is 1. The van der Waals surface area contributed by atoms with Crippen molar-refractivity contribution in [2.24, 2.45) is 5.92 Å². The van der Waals surface area contributed by atoms with Gasteiger partial charge in [0, 0.05) is 23.7 Å². The lowest BCUT2D eigenvalue weighted by Gasteiger charge is -2.18. The lowest BCUT2D eigenvalue weighted by atomic mass is 9.94. The normalized spacial score (nSPS) is 20.4. The molecule has 130 valence electrons. The van der Waals surface area contributed by atoms with E-state index < -0.39 is 0 Å². The molecule has 1 amide bonds. The number of aromatic amines is 1. The van der Waals surface area contributed by atoms with Gasteiger partial charge in [0.25, 0.3) is 5.56 Å². The van der Waals surface area contributed by atoms with Gasteiger partial charge in [0.15, 0.2) is 5.75 Å². The Morgan fingerprint density at radius 1 is 1.36 bits per heavy atom. The summed E-state index contributed by atoms with van der Waals surface area (Å²) in [4.78, 5) is 23.3. The number of anilines is 1. The summed E-state index contributed by atoms with van der Waals surface area (Å²) in [6.07, 6.45) is 2.83. The highest BCUT2D eigenvalue weighted by molar-refractivity contribution is 6.37. The van der Waals surface area contributed by atoms with Crippen LogP contribution >= 0.6 is 23.2 Å². The van der Waals surface area contributed by atoms with Gasteiger partial charge in [0.05, 0.1) is 10.0 Å². The fourth-order valence-electron chi connectivity index (χ4n) is 3.48. The summed E-state index contributed by atoms with van der Waals surface area (Å²) in [5.74, 6) is 1.27. The van der Waals surface area contributed by atoms with Gasteiger partial charge >= 0.3 is 0 Å². The number of halogens is 2. The van der Waals surface area contributed by atoms with Gasteiger partial charge in [-0.1, -0.05) is 23.2 Å². The van der Waals surface area contributed by atoms with Gasteiger partial charge in [0.2, 0.25) is 11.8 Å². The van der Waals surface area contributed by atoms with Gasteiger partial charge in [0.1, 0.15) is 0 Å². The minimum Gasteiger partial charge on any atom is -0.434 e. The molecule has 2 atom stereocenters. The molecule has 0 aliphatic heterocycles. The topological polar surface area (TPSA) is 84.1 Å². The standard InChI is InChI=1S/C17H15Cl2N3O3/c1-7(23)20-9-5-12(18)15(13(19)6-9)25-17-10-3-2-8-4-11(8)14(10)16(24)21-22-17/h5-6,8,11H,2-4H2,1H3,(H,20,23)(H,21,24). The zero-order chi connectivity index (χ0) is 17.7. The third kappa shape index (κ3) is 3.00. The fraction of sp³-hybridized carbons (Fsp3) is 0.353. The molecular formula is C17H15Cl2N3O3. The molecule has 0 bridgehead atoms. The molecule has 2 aliphatic carbocycles. The maximum absolute atomic E-state index is 12.1. The number of nitrogens with one attached hydrogen (secondary N) is 2. The first kappa shape index (κ1) is 16.4. The van der Waals surface area contributed by atoms with Crippen molar-refractivity contribution in [1.29, 1.82) is 0 Å². The number of carbonyl (C=O) groups excluding carboxylic acids is 1. The minimum absolute atomic E-state index is 0.146. The Kier molecular flexibility index (Phi) is 3.96. The third-order valence-electron chi connectivity index (χ3n) is 4.66. The number of carbonyl (C=O) groups is 1. The summed E-state index contributed by atoms with van der Waals surface area (Å²) < 4.78 is 5.86. The lowest BCUT2D eigenvalue weighted by molar-refractivity contribution is -0.114. The molecule has 0 radical (unpaired) electrons. The summed E-state index contributed by atoms with van der Waals surface area (Å²) in [5.41, 5.74) is 1.95. The predicted octanol–water partition coefficient (Wildman–Crippen LogP) is 3.88. The highest BCUT2D eigenvalue weighted by Crippen LogP contribution is 2.54. The Labute approximate surface area is 153 Å². The van der Waals surface area contributed by atoms with Crippen LogP contribution in [0.2, 0.25) is 10.0 Å². The van der Waals surface area contributed by atoms with Crippen LogP contribution in [0.5, 0.6) is 11.6 Å². The number of aromatic nitrogens is 2. The van der Waals surface area contributed by atoms with Crippen LogP contribution in [0.25, 0.3) is 0 Å². The monoisotopic (exact) mass is 379 g/mol. The fourth-order valence-corrected chi connectivity index (χ4v) is 4.04. The van der Waals surface area contributed by atoms with Crippen molar-refractivity contribution < 1.29 is 9.53 Å². The largest absolute Gasteiger partial charge is 0.434 e. The van der Waals surface area contributed by atoms with Crippen molar-refractivity contribution in [2.75, 3.05) is 5.32 Å². The quantitative estimate of drug-likeness (QED) is 0.847. The molecule has 2 N–H and O–H groups in total. The van der Waals surface area contributed by atoms with Crippen molar-refractivity contribution >= 4 is 34.8 Å². The number of amides is 1. The van der Waals surface area contributed by atoms with Crippen LogP contribution in [0.3, 0.4) is 0 Å². The highest BCUT2D eigenvalue weighted by atomic mass is 35.5. The molecule has 1 heterocycles. The van der Waals surface area contributed by atoms with Gasteiger partial charge in [-0.2, -0.15) is 0 Å². The van der Waals surface area contributed by atoms with Crippen LogP contribution < -0.4 is 15.6 Å². The van der Waals surface area contributed by atoms with E-state index >= 15 is 0 Å². The number of ether oxygens (including phenoxy) is 1. The molecule has 6 nitrogen and oxygen atoms in total. The van der Waals surface area contributed by atoms with E-state index in [0.29, 0.717) is 23.4 Å². The van der Waals surface area contributed by atoms with E-state index in [1.54, 1.807) is 12.1 Å². The third-order valence-corrected chi connectivity index (χ3v) is 5.22. The van der Waals surface area contributed by atoms with Crippen LogP contribution in [0, 0.1) is 5.92 Å². The van der Waals surface area contributed by atoms with E-state index in [-0.39, 0.29) is 27.3 Å². The summed E-state index contributed by atoms with van der Waals surface area (Å²) in [7, 11) is 0. The van der Waals surface area contributed by atoms with Gasteiger partial charge in [-0.05, 0) is 43.2 Å². The van der Waals surface area contributed by atoms with Crippen LogP contribution in [0.4, 0.5) is 5.69 Å². The van der Waals surface area contributed by atoms with E-state index in [1.807, 2.05) is 0 Å². The minimum atomic E-state index is -0.226. The molecule has 2 unspecified atom stereocenters. The first-order valence-corrected chi connectivity index (χ1v) is 8.75. The molecule has 2 aromatic rings. The second-order valence-corrected chi connectivity index (χ2v) is 7.26. The Balaban J connectivity index is 1.71. The average molecular weight is 380 g/mol. The molecule has 1 saturated carbocycles. The van der Waals surface area contributed by atoms with E-state index in [0.717, 1.165) is 30.4 Å². The summed E-state index contributed by atoms with van der Waals surface area (Å²) in [5, 5.41) is 9.67. The molecule has 1 aromatic carbocycles. The second kappa shape index (κ2) is 6.04. The number of hydrogen-bond acceptors (Lipinski definition) is 4. The van der Waals surface area contributed by atoms with Crippen LogP contribution in [0.15, 0.2) is 16.9 Å². The van der Waals surface area contributed by atoms with Crippen molar-refractivity contribution in [1.82, 2.24) is 10.2 Å². The van der Waals surface area contributed by atoms with Crippen molar-refractivity contribution in [3.8, 4) is 11.6 Å². The number of rotatable bonds is 3. The van der Waals surface area contributed by atoms with Gasteiger partial charge in [-0.15, -0.1) is 5.10 Å². The summed E-state index contributed by atoms with van der Waals surface area (Å²) in [6, 6.07) is 3.11. The molecule has 1 aromatic heterocycles. The smallest absolute Gasteiger partial charge is 0.268 e. The Morgan fingerprint density at radius 2 is 2.08 bits per heavy atom. The van der Waals surface area contributed by atoms with Crippen molar-refractivity contribution in [2.45, 2.75) is 32.1 Å². The zero-order valence-electron chi connectivity index (χ0n) is 13.4. The predicted molar refractivity (Wildman–Crippen MR) is 94.9 cm³/mol. The van der Waals surface area contributed by atoms with E-state index in [4.69, 9.17) is 27.9 Å². The zero-order valence-corrected chi connectivity index (χ0v) is 14.9. The Hall–Kier alpha value is -2.05. The first-order chi connectivity index (χ1) is 11.9. The van der Waals surface area contributed by atoms with Crippen molar-refractivity contribution in [3.63, 3.8) is 0 Å². The first-order valence-electron chi connectivity index (χ1n) is 8.00. The molecule has 1 fully saturated rings. The summed E-state index contributed by atoms with van der Waals surface area (Å²) in [6.45, 7) is 1.40. The molecule has 8 heteroatoms. The molecule has 0 spiro atoms. The highest BCUT2D eigenvalue weighted by Gasteiger charge is 2.45. The van der Waals surface area contributed by atoms with Crippen LogP contribution in [0.1, 0.15) is 36.8 Å². The van der Waals surface area contributed by atoms with Crippen LogP contribution in [-0.2, 0) is 11.2 Å². The Bertz CT molecular complexity index is 918. The van der Waals surface area contributed by atoms with Gasteiger partial charge in [-0.25, -0.2) is 5.10 Å². The number of fused-ring (bicyclic) bond motifs is 3. The number of nitrogens with zero attached hydrogens (tertiary/aromatic N) is 1. The molecular weight excluding hydrogens is 365 g/mol. The SMILES string of the molecule is CC(=O)Nc1cc(Cl)c(Oc2n[nH]c(=O)c3c2CCC2CC32)c(Cl)c1. The van der Waals surface area contributed by atoms with Crippen LogP contribution in [-0.4, -0.2) is 16.1 Å². The maximum Gasteiger partial charge on any atom is 0.268 e. The van der Waals surface area contributed by atoms with Gasteiger partial charge in [-0.3, -0.25) is 9.59 Å². The second-order valence-electron chi connectivity index (χ2n) is 6.44. The maximum atomic E-state index is 12.1.